The maximum absolute atomic E-state index is 12.5. The summed E-state index contributed by atoms with van der Waals surface area (Å²) < 4.78 is 0. The molecule has 1 saturated heterocycles. The van der Waals surface area contributed by atoms with Crippen LogP contribution in [0, 0.1) is 16.7 Å². The van der Waals surface area contributed by atoms with Crippen molar-refractivity contribution in [3.05, 3.63) is 0 Å². The minimum Gasteiger partial charge on any atom is -0.324 e. The summed E-state index contributed by atoms with van der Waals surface area (Å²) in [6, 6.07) is 0.490. The van der Waals surface area contributed by atoms with Crippen LogP contribution in [0.1, 0.15) is 53.4 Å². The second kappa shape index (κ2) is 3.72. The van der Waals surface area contributed by atoms with Crippen LogP contribution in [-0.2, 0) is 4.79 Å². The summed E-state index contributed by atoms with van der Waals surface area (Å²) in [6.45, 7) is 10.00. The molecule has 102 valence electrons. The molecule has 1 N–H and O–H groups in total. The van der Waals surface area contributed by atoms with Gasteiger partial charge in [0.05, 0.1) is 12.7 Å². The first-order valence-electron chi connectivity index (χ1n) is 7.44. The van der Waals surface area contributed by atoms with Gasteiger partial charge < -0.3 is 4.90 Å². The molecule has 0 radical (unpaired) electrons. The molecular weight excluding hydrogens is 224 g/mol. The number of hydrogen-bond donors (Lipinski definition) is 1. The summed E-state index contributed by atoms with van der Waals surface area (Å²) in [4.78, 5) is 14.7. The number of fused-ring (bicyclic) bond motifs is 2. The lowest BCUT2D eigenvalue weighted by molar-refractivity contribution is -0.136. The van der Waals surface area contributed by atoms with Crippen molar-refractivity contribution in [3.63, 3.8) is 0 Å². The highest BCUT2D eigenvalue weighted by atomic mass is 16.2. The summed E-state index contributed by atoms with van der Waals surface area (Å²) >= 11 is 0. The lowest BCUT2D eigenvalue weighted by atomic mass is 9.67. The van der Waals surface area contributed by atoms with Crippen LogP contribution in [0.4, 0.5) is 0 Å². The molecule has 3 nitrogen and oxygen atoms in total. The van der Waals surface area contributed by atoms with E-state index in [4.69, 9.17) is 0 Å². The van der Waals surface area contributed by atoms with Crippen molar-refractivity contribution < 1.29 is 4.79 Å². The standard InChI is InChI=1S/C15H26N2O/c1-5-11-12(18)17(9-16-11)13-14(2,3)10-6-7-15(13,4)8-10/h10-11,13,16H,5-9H2,1-4H3. The van der Waals surface area contributed by atoms with E-state index in [9.17, 15) is 4.79 Å². The normalized spacial score (nSPS) is 46.1. The lowest BCUT2D eigenvalue weighted by Crippen LogP contribution is -2.53. The molecule has 0 aromatic carbocycles. The van der Waals surface area contributed by atoms with Gasteiger partial charge in [0.25, 0.3) is 0 Å². The molecule has 0 spiro atoms. The predicted octanol–water partition coefficient (Wildman–Crippen LogP) is 2.37. The van der Waals surface area contributed by atoms with Crippen LogP contribution in [0.3, 0.4) is 0 Å². The van der Waals surface area contributed by atoms with E-state index >= 15 is 0 Å². The average Bonchev–Trinajstić information content (AvgIpc) is 2.89. The largest absolute Gasteiger partial charge is 0.324 e. The van der Waals surface area contributed by atoms with Gasteiger partial charge in [-0.25, -0.2) is 0 Å². The third-order valence-corrected chi connectivity index (χ3v) is 6.00. The zero-order valence-corrected chi connectivity index (χ0v) is 12.1. The van der Waals surface area contributed by atoms with Crippen LogP contribution in [0.5, 0.6) is 0 Å². The fraction of sp³-hybridized carbons (Fsp3) is 0.933. The molecule has 2 saturated carbocycles. The zero-order chi connectivity index (χ0) is 13.1. The molecule has 1 heterocycles. The second-order valence-corrected chi connectivity index (χ2v) is 7.45. The minimum atomic E-state index is 0.0588. The van der Waals surface area contributed by atoms with E-state index in [0.29, 0.717) is 17.4 Å². The van der Waals surface area contributed by atoms with E-state index < -0.39 is 0 Å². The molecule has 4 unspecified atom stereocenters. The lowest BCUT2D eigenvalue weighted by Gasteiger charge is -2.47. The van der Waals surface area contributed by atoms with Gasteiger partial charge in [-0.05, 0) is 42.4 Å². The van der Waals surface area contributed by atoms with Crippen molar-refractivity contribution in [3.8, 4) is 0 Å². The molecule has 1 aliphatic heterocycles. The van der Waals surface area contributed by atoms with Crippen molar-refractivity contribution >= 4 is 5.91 Å². The number of rotatable bonds is 2. The Morgan fingerprint density at radius 3 is 2.61 bits per heavy atom. The van der Waals surface area contributed by atoms with E-state index in [1.165, 1.54) is 19.3 Å². The molecule has 3 fully saturated rings. The number of carbonyl (C=O) groups excluding carboxylic acids is 1. The maximum Gasteiger partial charge on any atom is 0.241 e. The average molecular weight is 250 g/mol. The molecule has 2 aliphatic carbocycles. The van der Waals surface area contributed by atoms with Crippen molar-refractivity contribution in [1.29, 1.82) is 0 Å². The van der Waals surface area contributed by atoms with Crippen molar-refractivity contribution in [2.24, 2.45) is 16.7 Å². The van der Waals surface area contributed by atoms with Gasteiger partial charge in [-0.3, -0.25) is 10.1 Å². The topological polar surface area (TPSA) is 32.3 Å². The first-order valence-corrected chi connectivity index (χ1v) is 7.44. The van der Waals surface area contributed by atoms with E-state index in [1.54, 1.807) is 0 Å². The number of nitrogens with zero attached hydrogens (tertiary/aromatic N) is 1. The Kier molecular flexibility index (Phi) is 2.58. The molecule has 1 amide bonds. The highest BCUT2D eigenvalue weighted by Gasteiger charge is 2.62. The van der Waals surface area contributed by atoms with Gasteiger partial charge in [0.15, 0.2) is 0 Å². The smallest absolute Gasteiger partial charge is 0.241 e. The van der Waals surface area contributed by atoms with Gasteiger partial charge in [0, 0.05) is 6.04 Å². The SMILES string of the molecule is CCC1NCN(C2C3(C)CCC(C3)C2(C)C)C1=O. The molecule has 3 aliphatic rings. The van der Waals surface area contributed by atoms with Gasteiger partial charge in [0.2, 0.25) is 5.91 Å². The second-order valence-electron chi connectivity index (χ2n) is 7.45. The first kappa shape index (κ1) is 12.5. The van der Waals surface area contributed by atoms with Crippen LogP contribution in [0.2, 0.25) is 0 Å². The van der Waals surface area contributed by atoms with Crippen LogP contribution < -0.4 is 5.32 Å². The number of nitrogens with one attached hydrogen (secondary N) is 1. The molecular formula is C15H26N2O. The van der Waals surface area contributed by atoms with Gasteiger partial charge in [0.1, 0.15) is 0 Å². The molecule has 4 atom stereocenters. The van der Waals surface area contributed by atoms with Gasteiger partial charge in [-0.1, -0.05) is 27.7 Å². The molecule has 3 heteroatoms. The molecule has 0 aromatic heterocycles. The van der Waals surface area contributed by atoms with E-state index in [2.05, 4.69) is 37.9 Å². The Labute approximate surface area is 110 Å². The van der Waals surface area contributed by atoms with E-state index in [-0.39, 0.29) is 11.5 Å². The quantitative estimate of drug-likeness (QED) is 0.816. The summed E-state index contributed by atoms with van der Waals surface area (Å²) in [5.41, 5.74) is 0.640. The predicted molar refractivity (Wildman–Crippen MR) is 71.9 cm³/mol. The van der Waals surface area contributed by atoms with Crippen LogP contribution in [0.15, 0.2) is 0 Å². The maximum atomic E-state index is 12.5. The summed E-state index contributed by atoms with van der Waals surface area (Å²) in [6.07, 6.45) is 4.87. The highest BCUT2D eigenvalue weighted by molar-refractivity contribution is 5.84. The Morgan fingerprint density at radius 1 is 1.39 bits per heavy atom. The molecule has 3 rings (SSSR count). The summed E-state index contributed by atoms with van der Waals surface area (Å²) in [5, 5.41) is 3.37. The van der Waals surface area contributed by atoms with Gasteiger partial charge in [-0.2, -0.15) is 0 Å². The third kappa shape index (κ3) is 1.43. The van der Waals surface area contributed by atoms with E-state index in [0.717, 1.165) is 19.0 Å². The number of amides is 1. The Balaban J connectivity index is 1.90. The molecule has 2 bridgehead atoms. The molecule has 0 aromatic rings. The Bertz CT molecular complexity index is 374. The number of carbonyl (C=O) groups is 1. The Hall–Kier alpha value is -0.570. The molecule has 18 heavy (non-hydrogen) atoms. The fourth-order valence-electron chi connectivity index (χ4n) is 5.17. The zero-order valence-electron chi connectivity index (χ0n) is 12.1. The third-order valence-electron chi connectivity index (χ3n) is 6.00. The van der Waals surface area contributed by atoms with Crippen LogP contribution in [0.25, 0.3) is 0 Å². The summed E-state index contributed by atoms with van der Waals surface area (Å²) in [5.74, 6) is 1.14. The van der Waals surface area contributed by atoms with Gasteiger partial charge >= 0.3 is 0 Å². The number of hydrogen-bond acceptors (Lipinski definition) is 2. The van der Waals surface area contributed by atoms with Crippen molar-refractivity contribution in [1.82, 2.24) is 10.2 Å². The van der Waals surface area contributed by atoms with Crippen molar-refractivity contribution in [2.75, 3.05) is 6.67 Å². The Morgan fingerprint density at radius 2 is 2.11 bits per heavy atom. The minimum absolute atomic E-state index is 0.0588. The van der Waals surface area contributed by atoms with Crippen molar-refractivity contribution in [2.45, 2.75) is 65.5 Å². The van der Waals surface area contributed by atoms with E-state index in [1.807, 2.05) is 0 Å². The summed E-state index contributed by atoms with van der Waals surface area (Å²) in [7, 11) is 0. The van der Waals surface area contributed by atoms with Crippen LogP contribution in [-0.4, -0.2) is 29.6 Å². The highest BCUT2D eigenvalue weighted by Crippen LogP contribution is 2.64. The van der Waals surface area contributed by atoms with Gasteiger partial charge in [-0.15, -0.1) is 0 Å². The van der Waals surface area contributed by atoms with Crippen LogP contribution >= 0.6 is 0 Å². The monoisotopic (exact) mass is 250 g/mol. The fourth-order valence-corrected chi connectivity index (χ4v) is 5.17. The first-order chi connectivity index (χ1) is 8.40.